The number of nitrogens with zero attached hydrogens (tertiary/aromatic N) is 4. The number of rotatable bonds is 10. The second kappa shape index (κ2) is 14.4. The average Bonchev–Trinajstić information content (AvgIpc) is 3.58. The van der Waals surface area contributed by atoms with Crippen LogP contribution in [0, 0.1) is 11.3 Å². The maximum Gasteiger partial charge on any atom is 0.255 e. The Morgan fingerprint density at radius 2 is 1.64 bits per heavy atom. The van der Waals surface area contributed by atoms with E-state index in [2.05, 4.69) is 46.4 Å². The molecule has 47 heavy (non-hydrogen) atoms. The molecule has 0 unspecified atom stereocenters. The van der Waals surface area contributed by atoms with Gasteiger partial charge >= 0.3 is 0 Å². The van der Waals surface area contributed by atoms with Crippen LogP contribution in [0.3, 0.4) is 0 Å². The summed E-state index contributed by atoms with van der Waals surface area (Å²) in [5.74, 6) is 0.854. The molecule has 10 nitrogen and oxygen atoms in total. The molecule has 0 saturated carbocycles. The molecule has 4 aromatic rings. The van der Waals surface area contributed by atoms with Crippen LogP contribution in [-0.2, 0) is 6.54 Å². The number of fused-ring (bicyclic) bond motifs is 1. The summed E-state index contributed by atoms with van der Waals surface area (Å²) in [6.45, 7) is 5.09. The number of hydrogen-bond acceptors (Lipinski definition) is 8. The Labute approximate surface area is 274 Å². The van der Waals surface area contributed by atoms with Gasteiger partial charge in [-0.1, -0.05) is 24.3 Å². The Hall–Kier alpha value is -5.37. The van der Waals surface area contributed by atoms with Crippen LogP contribution in [0.1, 0.15) is 38.3 Å². The van der Waals surface area contributed by atoms with E-state index >= 15 is 0 Å². The molecule has 4 aromatic carbocycles. The zero-order valence-electron chi connectivity index (χ0n) is 26.4. The van der Waals surface area contributed by atoms with Gasteiger partial charge in [-0.25, -0.2) is 0 Å². The number of amides is 2. The monoisotopic (exact) mass is 630 g/mol. The number of carbonyl (C=O) groups is 2. The van der Waals surface area contributed by atoms with E-state index in [4.69, 9.17) is 20.5 Å². The van der Waals surface area contributed by atoms with Crippen LogP contribution >= 0.6 is 0 Å². The number of carbonyl (C=O) groups excluding carboxylic acids is 2. The summed E-state index contributed by atoms with van der Waals surface area (Å²) in [4.78, 5) is 33.4. The molecule has 3 N–H and O–H groups in total. The summed E-state index contributed by atoms with van der Waals surface area (Å²) in [5.41, 5.74) is 11.9. The first-order chi connectivity index (χ1) is 22.9. The van der Waals surface area contributed by atoms with Gasteiger partial charge in [-0.15, -0.1) is 0 Å². The van der Waals surface area contributed by atoms with E-state index in [1.54, 1.807) is 42.5 Å². The number of nitrogens with one attached hydrogen (secondary N) is 1. The highest BCUT2D eigenvalue weighted by atomic mass is 16.7. The predicted molar refractivity (Wildman–Crippen MR) is 182 cm³/mol. The number of anilines is 2. The van der Waals surface area contributed by atoms with Gasteiger partial charge in [0.1, 0.15) is 0 Å². The summed E-state index contributed by atoms with van der Waals surface area (Å²) >= 11 is 0. The second-order valence-corrected chi connectivity index (χ2v) is 11.8. The fraction of sp³-hybridized carbons (Fsp3) is 0.270. The Morgan fingerprint density at radius 1 is 0.894 bits per heavy atom. The van der Waals surface area contributed by atoms with Crippen LogP contribution < -0.4 is 25.4 Å². The fourth-order valence-corrected chi connectivity index (χ4v) is 5.85. The van der Waals surface area contributed by atoms with Crippen molar-refractivity contribution in [3.8, 4) is 28.7 Å². The van der Waals surface area contributed by atoms with Crippen molar-refractivity contribution in [1.29, 1.82) is 5.26 Å². The molecule has 2 aliphatic heterocycles. The predicted octanol–water partition coefficient (Wildman–Crippen LogP) is 4.95. The molecule has 1 saturated heterocycles. The third-order valence-corrected chi connectivity index (χ3v) is 8.54. The van der Waals surface area contributed by atoms with Crippen molar-refractivity contribution in [2.45, 2.75) is 13.0 Å². The van der Waals surface area contributed by atoms with E-state index in [1.807, 2.05) is 29.2 Å². The van der Waals surface area contributed by atoms with E-state index in [-0.39, 0.29) is 18.6 Å². The molecule has 0 atom stereocenters. The normalized spacial score (nSPS) is 14.0. The van der Waals surface area contributed by atoms with E-state index in [9.17, 15) is 9.59 Å². The molecular formula is C37H38N6O4. The second-order valence-electron chi connectivity index (χ2n) is 11.8. The van der Waals surface area contributed by atoms with Gasteiger partial charge in [0.05, 0.1) is 23.0 Å². The summed E-state index contributed by atoms with van der Waals surface area (Å²) in [5, 5.41) is 12.3. The standard InChI is InChI=1S/C37H38N6O4/c1-41-16-18-42(19-17-41)33-12-10-30(21-32(33)40-36(44)28-8-6-26(23-39)7-9-28)29-5-2-4-27(20-29)24-43(15-3-14-38)37(45)31-11-13-34-35(22-31)47-25-46-34/h2,4-13,20-22H,3,14-19,24-25,38H2,1H3,(H,40,44). The first kappa shape index (κ1) is 31.6. The highest BCUT2D eigenvalue weighted by Crippen LogP contribution is 2.35. The molecule has 0 aliphatic carbocycles. The Bertz CT molecular complexity index is 1790. The third-order valence-electron chi connectivity index (χ3n) is 8.54. The molecule has 0 bridgehead atoms. The highest BCUT2D eigenvalue weighted by molar-refractivity contribution is 6.06. The topological polar surface area (TPSA) is 124 Å². The summed E-state index contributed by atoms with van der Waals surface area (Å²) in [6, 6.07) is 28.2. The summed E-state index contributed by atoms with van der Waals surface area (Å²) in [7, 11) is 2.11. The van der Waals surface area contributed by atoms with Crippen LogP contribution in [0.25, 0.3) is 11.1 Å². The largest absolute Gasteiger partial charge is 0.454 e. The van der Waals surface area contributed by atoms with E-state index in [0.29, 0.717) is 54.2 Å². The lowest BCUT2D eigenvalue weighted by Gasteiger charge is -2.35. The molecule has 10 heteroatoms. The van der Waals surface area contributed by atoms with Crippen molar-refractivity contribution in [2.24, 2.45) is 5.73 Å². The Morgan fingerprint density at radius 3 is 2.40 bits per heavy atom. The van der Waals surface area contributed by atoms with Crippen molar-refractivity contribution in [3.63, 3.8) is 0 Å². The van der Waals surface area contributed by atoms with Gasteiger partial charge in [-0.3, -0.25) is 9.59 Å². The quantitative estimate of drug-likeness (QED) is 0.252. The van der Waals surface area contributed by atoms with Crippen LogP contribution in [-0.4, -0.2) is 74.7 Å². The van der Waals surface area contributed by atoms with E-state index in [1.165, 1.54) is 0 Å². The minimum atomic E-state index is -0.242. The summed E-state index contributed by atoms with van der Waals surface area (Å²) in [6.07, 6.45) is 0.673. The van der Waals surface area contributed by atoms with E-state index in [0.717, 1.165) is 54.2 Å². The highest BCUT2D eigenvalue weighted by Gasteiger charge is 2.22. The Balaban J connectivity index is 1.27. The Kier molecular flexibility index (Phi) is 9.67. The number of nitriles is 1. The van der Waals surface area contributed by atoms with Gasteiger partial charge < -0.3 is 35.2 Å². The molecule has 2 aliphatic rings. The smallest absolute Gasteiger partial charge is 0.255 e. The molecule has 1 fully saturated rings. The van der Waals surface area contributed by atoms with Crippen LogP contribution in [0.2, 0.25) is 0 Å². The van der Waals surface area contributed by atoms with Gasteiger partial charge in [0.2, 0.25) is 6.79 Å². The lowest BCUT2D eigenvalue weighted by Crippen LogP contribution is -2.44. The molecule has 2 amide bonds. The zero-order chi connectivity index (χ0) is 32.8. The summed E-state index contributed by atoms with van der Waals surface area (Å²) < 4.78 is 10.9. The average molecular weight is 631 g/mol. The van der Waals surface area contributed by atoms with Crippen molar-refractivity contribution in [2.75, 3.05) is 63.3 Å². The number of ether oxygens (including phenoxy) is 2. The SMILES string of the molecule is CN1CCN(c2ccc(-c3cccc(CN(CCCN)C(=O)c4ccc5c(c4)OCO5)c3)cc2NC(=O)c2ccc(C#N)cc2)CC1. The maximum atomic E-state index is 13.6. The fourth-order valence-electron chi connectivity index (χ4n) is 5.85. The number of nitrogens with two attached hydrogens (primary N) is 1. The molecule has 0 spiro atoms. The zero-order valence-corrected chi connectivity index (χ0v) is 26.4. The lowest BCUT2D eigenvalue weighted by molar-refractivity contribution is 0.0741. The first-order valence-electron chi connectivity index (χ1n) is 15.8. The number of benzene rings is 4. The lowest BCUT2D eigenvalue weighted by atomic mass is 10.0. The third kappa shape index (κ3) is 7.38. The van der Waals surface area contributed by atoms with Crippen molar-refractivity contribution in [1.82, 2.24) is 9.80 Å². The number of likely N-dealkylation sites (N-methyl/N-ethyl adjacent to an activating group) is 1. The minimum absolute atomic E-state index is 0.105. The van der Waals surface area contributed by atoms with Crippen LogP contribution in [0.5, 0.6) is 11.5 Å². The van der Waals surface area contributed by atoms with Gasteiger partial charge in [-0.05, 0) is 97.4 Å². The number of hydrogen-bond donors (Lipinski definition) is 2. The first-order valence-corrected chi connectivity index (χ1v) is 15.8. The van der Waals surface area contributed by atoms with Gasteiger partial charge in [0.15, 0.2) is 11.5 Å². The molecular weight excluding hydrogens is 592 g/mol. The van der Waals surface area contributed by atoms with E-state index < -0.39 is 0 Å². The number of piperazine rings is 1. The molecule has 0 radical (unpaired) electrons. The molecule has 6 rings (SSSR count). The van der Waals surface area contributed by atoms with Crippen molar-refractivity contribution < 1.29 is 19.1 Å². The molecule has 240 valence electrons. The van der Waals surface area contributed by atoms with Crippen LogP contribution in [0.4, 0.5) is 11.4 Å². The van der Waals surface area contributed by atoms with Gasteiger partial charge in [0.25, 0.3) is 11.8 Å². The van der Waals surface area contributed by atoms with Crippen LogP contribution in [0.15, 0.2) is 84.9 Å². The van der Waals surface area contributed by atoms with Crippen molar-refractivity contribution in [3.05, 3.63) is 107 Å². The molecule has 0 aromatic heterocycles. The molecule has 2 heterocycles. The maximum absolute atomic E-state index is 13.6. The van der Waals surface area contributed by atoms with Crippen molar-refractivity contribution >= 4 is 23.2 Å². The van der Waals surface area contributed by atoms with Gasteiger partial charge in [0, 0.05) is 50.4 Å². The minimum Gasteiger partial charge on any atom is -0.454 e. The van der Waals surface area contributed by atoms with Gasteiger partial charge in [-0.2, -0.15) is 5.26 Å².